The molecule has 1 aromatic heterocycles. The molecule has 0 radical (unpaired) electrons. The van der Waals surface area contributed by atoms with Crippen molar-refractivity contribution in [2.24, 2.45) is 0 Å². The van der Waals surface area contributed by atoms with Gasteiger partial charge in [0.2, 0.25) is 5.89 Å². The molecule has 0 spiro atoms. The summed E-state index contributed by atoms with van der Waals surface area (Å²) in [5.74, 6) is -0.500. The number of aromatic nitrogens is 1. The lowest BCUT2D eigenvalue weighted by molar-refractivity contribution is -0.144. The van der Waals surface area contributed by atoms with Gasteiger partial charge in [0.1, 0.15) is 5.52 Å². The van der Waals surface area contributed by atoms with E-state index in [2.05, 4.69) is 4.98 Å². The second kappa shape index (κ2) is 7.25. The Labute approximate surface area is 150 Å². The van der Waals surface area contributed by atoms with Crippen LogP contribution in [0.25, 0.3) is 11.1 Å². The molecule has 0 saturated heterocycles. The van der Waals surface area contributed by atoms with Crippen LogP contribution in [0.3, 0.4) is 0 Å². The van der Waals surface area contributed by atoms with Crippen molar-refractivity contribution in [2.45, 2.75) is 25.9 Å². The summed E-state index contributed by atoms with van der Waals surface area (Å²) in [6.07, 6.45) is -0.990. The first kappa shape index (κ1) is 17.5. The van der Waals surface area contributed by atoms with E-state index in [0.717, 1.165) is 5.56 Å². The van der Waals surface area contributed by atoms with Gasteiger partial charge in [0.05, 0.1) is 12.5 Å². The summed E-state index contributed by atoms with van der Waals surface area (Å²) in [5, 5.41) is 11.0. The topological polar surface area (TPSA) is 72.6 Å². The zero-order valence-electron chi connectivity index (χ0n) is 13.9. The minimum atomic E-state index is -0.990. The third-order valence-corrected chi connectivity index (χ3v) is 4.24. The molecule has 25 heavy (non-hydrogen) atoms. The molecule has 2 aromatic carbocycles. The quantitative estimate of drug-likeness (QED) is 0.690. The van der Waals surface area contributed by atoms with Crippen molar-refractivity contribution in [3.63, 3.8) is 0 Å². The monoisotopic (exact) mass is 359 g/mol. The second-order valence-corrected chi connectivity index (χ2v) is 6.14. The molecule has 0 saturated carbocycles. The molecule has 5 nitrogen and oxygen atoms in total. The van der Waals surface area contributed by atoms with Crippen LogP contribution in [0, 0.1) is 0 Å². The molecular formula is C19H18ClNO4. The van der Waals surface area contributed by atoms with Crippen LogP contribution in [0.1, 0.15) is 42.9 Å². The number of halogens is 1. The number of fused-ring (bicyclic) bond motifs is 1. The molecule has 6 heteroatoms. The van der Waals surface area contributed by atoms with Crippen LogP contribution < -0.4 is 0 Å². The molecule has 3 aromatic rings. The second-order valence-electron chi connectivity index (χ2n) is 5.71. The molecule has 1 N–H and O–H groups in total. The van der Waals surface area contributed by atoms with Crippen LogP contribution in [-0.2, 0) is 9.53 Å². The van der Waals surface area contributed by atoms with E-state index in [1.54, 1.807) is 50.2 Å². The first-order valence-electron chi connectivity index (χ1n) is 8.00. The van der Waals surface area contributed by atoms with E-state index in [1.807, 2.05) is 6.07 Å². The summed E-state index contributed by atoms with van der Waals surface area (Å²) in [5.41, 5.74) is 2.53. The number of hydrogen-bond acceptors (Lipinski definition) is 5. The van der Waals surface area contributed by atoms with Gasteiger partial charge >= 0.3 is 5.97 Å². The molecule has 1 heterocycles. The molecule has 0 amide bonds. The maximum atomic E-state index is 11.9. The number of nitrogens with zero attached hydrogens (tertiary/aromatic N) is 1. The highest BCUT2D eigenvalue weighted by Gasteiger charge is 2.20. The van der Waals surface area contributed by atoms with E-state index in [-0.39, 0.29) is 11.9 Å². The van der Waals surface area contributed by atoms with E-state index < -0.39 is 12.0 Å². The predicted octanol–water partition coefficient (Wildman–Crippen LogP) is 4.23. The van der Waals surface area contributed by atoms with E-state index in [4.69, 9.17) is 20.8 Å². The van der Waals surface area contributed by atoms with Crippen molar-refractivity contribution < 1.29 is 19.1 Å². The molecule has 0 bridgehead atoms. The van der Waals surface area contributed by atoms with Crippen molar-refractivity contribution in [1.82, 2.24) is 4.98 Å². The van der Waals surface area contributed by atoms with Gasteiger partial charge in [-0.15, -0.1) is 0 Å². The third kappa shape index (κ3) is 3.67. The number of aliphatic hydroxyl groups excluding tert-OH is 1. The zero-order chi connectivity index (χ0) is 18.0. The van der Waals surface area contributed by atoms with Crippen LogP contribution in [0.4, 0.5) is 0 Å². The normalized spacial score (nSPS) is 13.6. The van der Waals surface area contributed by atoms with Crippen molar-refractivity contribution in [3.05, 3.63) is 64.5 Å². The predicted molar refractivity (Wildman–Crippen MR) is 94.6 cm³/mol. The SMILES string of the molecule is CCOC(=O)C(C)c1ccc2nc(C(O)c3ccc(Cl)cc3)oc2c1. The number of oxazole rings is 1. The molecule has 2 atom stereocenters. The van der Waals surface area contributed by atoms with Crippen LogP contribution in [0.2, 0.25) is 5.02 Å². The van der Waals surface area contributed by atoms with Gasteiger partial charge in [-0.2, -0.15) is 0 Å². The Hall–Kier alpha value is -2.37. The smallest absolute Gasteiger partial charge is 0.313 e. The Kier molecular flexibility index (Phi) is 5.06. The summed E-state index contributed by atoms with van der Waals surface area (Å²) >= 11 is 5.86. The Bertz CT molecular complexity index is 888. The molecule has 3 rings (SSSR count). The summed E-state index contributed by atoms with van der Waals surface area (Å²) in [7, 11) is 0. The Balaban J connectivity index is 1.89. The summed E-state index contributed by atoms with van der Waals surface area (Å²) in [4.78, 5) is 16.2. The van der Waals surface area contributed by atoms with Gasteiger partial charge in [0.25, 0.3) is 0 Å². The van der Waals surface area contributed by atoms with Crippen LogP contribution in [-0.4, -0.2) is 22.7 Å². The average Bonchev–Trinajstić information content (AvgIpc) is 3.04. The number of hydrogen-bond donors (Lipinski definition) is 1. The molecule has 0 aliphatic rings. The standard InChI is InChI=1S/C19H18ClNO4/c1-3-24-19(23)11(2)13-6-9-15-16(10-13)25-18(21-15)17(22)12-4-7-14(20)8-5-12/h4-11,17,22H,3H2,1-2H3. The Morgan fingerprint density at radius 3 is 2.60 bits per heavy atom. The summed E-state index contributed by atoms with van der Waals surface area (Å²) in [6, 6.07) is 12.2. The number of ether oxygens (including phenoxy) is 1. The number of benzene rings is 2. The number of rotatable bonds is 5. The number of esters is 1. The minimum absolute atomic E-state index is 0.193. The molecule has 0 aliphatic carbocycles. The van der Waals surface area contributed by atoms with Gasteiger partial charge in [0.15, 0.2) is 11.7 Å². The summed E-state index contributed by atoms with van der Waals surface area (Å²) < 4.78 is 10.7. The van der Waals surface area contributed by atoms with Crippen LogP contribution >= 0.6 is 11.6 Å². The molecule has 0 fully saturated rings. The summed E-state index contributed by atoms with van der Waals surface area (Å²) in [6.45, 7) is 3.89. The lowest BCUT2D eigenvalue weighted by atomic mass is 10.0. The number of carbonyl (C=O) groups is 1. The van der Waals surface area contributed by atoms with Gasteiger partial charge < -0.3 is 14.3 Å². The minimum Gasteiger partial charge on any atom is -0.466 e. The van der Waals surface area contributed by atoms with Gasteiger partial charge in [-0.3, -0.25) is 4.79 Å². The highest BCUT2D eigenvalue weighted by atomic mass is 35.5. The van der Waals surface area contributed by atoms with Gasteiger partial charge in [-0.25, -0.2) is 4.98 Å². The zero-order valence-corrected chi connectivity index (χ0v) is 14.7. The van der Waals surface area contributed by atoms with Gasteiger partial charge in [-0.1, -0.05) is 29.8 Å². The fraction of sp³-hybridized carbons (Fsp3) is 0.263. The first-order chi connectivity index (χ1) is 12.0. The fourth-order valence-corrected chi connectivity index (χ4v) is 2.66. The Morgan fingerprint density at radius 1 is 1.24 bits per heavy atom. The molecular weight excluding hydrogens is 342 g/mol. The lowest BCUT2D eigenvalue weighted by Crippen LogP contribution is -2.12. The van der Waals surface area contributed by atoms with Crippen molar-refractivity contribution in [2.75, 3.05) is 6.61 Å². The molecule has 2 unspecified atom stereocenters. The van der Waals surface area contributed by atoms with Crippen molar-refractivity contribution in [3.8, 4) is 0 Å². The highest BCUT2D eigenvalue weighted by Crippen LogP contribution is 2.28. The van der Waals surface area contributed by atoms with Crippen LogP contribution in [0.15, 0.2) is 46.9 Å². The van der Waals surface area contributed by atoms with E-state index in [0.29, 0.717) is 28.3 Å². The van der Waals surface area contributed by atoms with Gasteiger partial charge in [0, 0.05) is 5.02 Å². The maximum absolute atomic E-state index is 11.9. The third-order valence-electron chi connectivity index (χ3n) is 3.99. The number of aliphatic hydroxyl groups is 1. The van der Waals surface area contributed by atoms with E-state index in [1.165, 1.54) is 0 Å². The van der Waals surface area contributed by atoms with Crippen LogP contribution in [0.5, 0.6) is 0 Å². The van der Waals surface area contributed by atoms with Crippen molar-refractivity contribution >= 4 is 28.7 Å². The largest absolute Gasteiger partial charge is 0.466 e. The van der Waals surface area contributed by atoms with Crippen molar-refractivity contribution in [1.29, 1.82) is 0 Å². The van der Waals surface area contributed by atoms with E-state index >= 15 is 0 Å². The molecule has 130 valence electrons. The fourth-order valence-electron chi connectivity index (χ4n) is 2.54. The highest BCUT2D eigenvalue weighted by molar-refractivity contribution is 6.30. The lowest BCUT2D eigenvalue weighted by Gasteiger charge is -2.10. The maximum Gasteiger partial charge on any atom is 0.313 e. The van der Waals surface area contributed by atoms with Gasteiger partial charge in [-0.05, 0) is 49.2 Å². The first-order valence-corrected chi connectivity index (χ1v) is 8.38. The van der Waals surface area contributed by atoms with E-state index in [9.17, 15) is 9.90 Å². The molecule has 0 aliphatic heterocycles. The Morgan fingerprint density at radius 2 is 1.92 bits per heavy atom. The number of carbonyl (C=O) groups excluding carboxylic acids is 1. The average molecular weight is 360 g/mol.